The molecule has 1 aromatic rings. The van der Waals surface area contributed by atoms with Crippen LogP contribution in [0.5, 0.6) is 0 Å². The van der Waals surface area contributed by atoms with Gasteiger partial charge in [0, 0.05) is 38.8 Å². The number of carbonyl (C=O) groups excluding carboxylic acids is 6. The van der Waals surface area contributed by atoms with Gasteiger partial charge in [-0.15, -0.1) is 0 Å². The predicted octanol–water partition coefficient (Wildman–Crippen LogP) is 0.217. The quantitative estimate of drug-likeness (QED) is 0.322. The van der Waals surface area contributed by atoms with E-state index in [-0.39, 0.29) is 37.4 Å². The zero-order chi connectivity index (χ0) is 25.8. The second-order valence-corrected chi connectivity index (χ2v) is 7.22. The lowest BCUT2D eigenvalue weighted by Gasteiger charge is -2.30. The molecule has 0 saturated carbocycles. The van der Waals surface area contributed by atoms with Gasteiger partial charge < -0.3 is 29.6 Å². The minimum Gasteiger partial charge on any atom is -0.462 e. The van der Waals surface area contributed by atoms with Crippen molar-refractivity contribution < 1.29 is 47.7 Å². The van der Waals surface area contributed by atoms with Gasteiger partial charge in [-0.2, -0.15) is 0 Å². The lowest BCUT2D eigenvalue weighted by atomic mass is 10.1. The van der Waals surface area contributed by atoms with E-state index in [2.05, 4.69) is 0 Å². The van der Waals surface area contributed by atoms with Crippen LogP contribution >= 0.6 is 0 Å². The molecule has 0 spiro atoms. The molecule has 0 saturated heterocycles. The van der Waals surface area contributed by atoms with Crippen molar-refractivity contribution in [3.05, 3.63) is 35.4 Å². The fraction of sp³-hybridized carbons (Fsp3) is 0.455. The molecular formula is C22H28N2O10. The van der Waals surface area contributed by atoms with Gasteiger partial charge in [0.15, 0.2) is 12.2 Å². The molecule has 0 heterocycles. The molecule has 12 nitrogen and oxygen atoms in total. The van der Waals surface area contributed by atoms with Crippen LogP contribution < -0.4 is 5.73 Å². The number of rotatable bonds is 12. The van der Waals surface area contributed by atoms with E-state index < -0.39 is 47.9 Å². The third-order valence-electron chi connectivity index (χ3n) is 4.14. The number of nitrogens with two attached hydrogens (primary N) is 1. The molecule has 0 bridgehead atoms. The van der Waals surface area contributed by atoms with E-state index in [1.54, 1.807) is 0 Å². The zero-order valence-electron chi connectivity index (χ0n) is 19.4. The number of esters is 4. The summed E-state index contributed by atoms with van der Waals surface area (Å²) in [7, 11) is 0. The fourth-order valence-corrected chi connectivity index (χ4v) is 2.86. The Morgan fingerprint density at radius 3 is 1.59 bits per heavy atom. The van der Waals surface area contributed by atoms with Crippen molar-refractivity contribution in [1.82, 2.24) is 4.90 Å². The first-order valence-electron chi connectivity index (χ1n) is 10.2. The van der Waals surface area contributed by atoms with Crippen LogP contribution in [0.3, 0.4) is 0 Å². The number of amides is 2. The zero-order valence-corrected chi connectivity index (χ0v) is 19.4. The van der Waals surface area contributed by atoms with Crippen LogP contribution in [0.1, 0.15) is 48.4 Å². The van der Waals surface area contributed by atoms with E-state index in [1.807, 2.05) is 0 Å². The Hall–Kier alpha value is -3.96. The summed E-state index contributed by atoms with van der Waals surface area (Å²) in [5.74, 6) is -4.01. The fourth-order valence-electron chi connectivity index (χ4n) is 2.86. The highest BCUT2D eigenvalue weighted by Crippen LogP contribution is 2.13. The SMILES string of the molecule is CC(=O)OCC(CN(CC(COC(C)=O)OC(C)=O)C(=O)c1cccc(C(N)=O)c1)OC(C)=O. The minimum absolute atomic E-state index is 0.0689. The molecule has 12 heteroatoms. The summed E-state index contributed by atoms with van der Waals surface area (Å²) in [6.07, 6.45) is -2.12. The summed E-state index contributed by atoms with van der Waals surface area (Å²) in [6.45, 7) is 3.38. The molecule has 2 N–H and O–H groups in total. The van der Waals surface area contributed by atoms with Crippen LogP contribution in [-0.4, -0.2) is 79.1 Å². The van der Waals surface area contributed by atoms with Crippen LogP contribution in [-0.2, 0) is 38.1 Å². The molecule has 0 fully saturated rings. The molecule has 0 aliphatic carbocycles. The van der Waals surface area contributed by atoms with Crippen LogP contribution in [0.15, 0.2) is 24.3 Å². The lowest BCUT2D eigenvalue weighted by Crippen LogP contribution is -2.46. The standard InChI is InChI=1S/C22H28N2O10/c1-13(25)31-11-19(33-15(3)27)9-24(10-20(34-16(4)28)12-32-14(2)26)22(30)18-7-5-6-17(8-18)21(23)29/h5-8,19-20H,9-12H2,1-4H3,(H2,23,29). The molecule has 1 rings (SSSR count). The number of hydrogen-bond acceptors (Lipinski definition) is 10. The molecular weight excluding hydrogens is 452 g/mol. The predicted molar refractivity (Wildman–Crippen MR) is 115 cm³/mol. The number of nitrogens with zero attached hydrogens (tertiary/aromatic N) is 1. The molecule has 186 valence electrons. The number of benzene rings is 1. The molecule has 0 aliphatic rings. The average Bonchev–Trinajstić information content (AvgIpc) is 2.73. The van der Waals surface area contributed by atoms with Crippen molar-refractivity contribution in [2.45, 2.75) is 39.9 Å². The number of primary amides is 1. The highest BCUT2D eigenvalue weighted by molar-refractivity contribution is 5.99. The van der Waals surface area contributed by atoms with Gasteiger partial charge in [-0.1, -0.05) is 6.07 Å². The van der Waals surface area contributed by atoms with Gasteiger partial charge in [0.2, 0.25) is 5.91 Å². The Labute approximate surface area is 196 Å². The van der Waals surface area contributed by atoms with E-state index in [4.69, 9.17) is 24.7 Å². The van der Waals surface area contributed by atoms with Crippen LogP contribution in [0.25, 0.3) is 0 Å². The van der Waals surface area contributed by atoms with E-state index in [9.17, 15) is 28.8 Å². The Bertz CT molecular complexity index is 890. The van der Waals surface area contributed by atoms with E-state index >= 15 is 0 Å². The monoisotopic (exact) mass is 480 g/mol. The Morgan fingerprint density at radius 2 is 1.21 bits per heavy atom. The maximum absolute atomic E-state index is 13.3. The summed E-state index contributed by atoms with van der Waals surface area (Å²) in [6, 6.07) is 5.59. The Kier molecular flexibility index (Phi) is 11.2. The van der Waals surface area contributed by atoms with E-state index in [0.717, 1.165) is 18.7 Å². The number of hydrogen-bond donors (Lipinski definition) is 1. The molecule has 2 unspecified atom stereocenters. The van der Waals surface area contributed by atoms with Gasteiger partial charge in [0.25, 0.3) is 5.91 Å². The van der Waals surface area contributed by atoms with Crippen LogP contribution in [0.4, 0.5) is 0 Å². The van der Waals surface area contributed by atoms with Crippen molar-refractivity contribution in [3.8, 4) is 0 Å². The second kappa shape index (κ2) is 13.6. The van der Waals surface area contributed by atoms with Crippen molar-refractivity contribution in [2.75, 3.05) is 26.3 Å². The van der Waals surface area contributed by atoms with Gasteiger partial charge in [0.05, 0.1) is 13.1 Å². The smallest absolute Gasteiger partial charge is 0.303 e. The van der Waals surface area contributed by atoms with Crippen molar-refractivity contribution in [1.29, 1.82) is 0 Å². The molecule has 34 heavy (non-hydrogen) atoms. The highest BCUT2D eigenvalue weighted by Gasteiger charge is 2.28. The average molecular weight is 480 g/mol. The first-order valence-corrected chi connectivity index (χ1v) is 10.2. The number of carbonyl (C=O) groups is 6. The summed E-state index contributed by atoms with van der Waals surface area (Å²) >= 11 is 0. The topological polar surface area (TPSA) is 169 Å². The van der Waals surface area contributed by atoms with Crippen LogP contribution in [0, 0.1) is 0 Å². The third-order valence-corrected chi connectivity index (χ3v) is 4.14. The normalized spacial score (nSPS) is 12.0. The van der Waals surface area contributed by atoms with Gasteiger partial charge in [-0.25, -0.2) is 0 Å². The molecule has 2 amide bonds. The molecule has 0 radical (unpaired) electrons. The Morgan fingerprint density at radius 1 is 0.765 bits per heavy atom. The summed E-state index contributed by atoms with van der Waals surface area (Å²) in [4.78, 5) is 71.5. The Balaban J connectivity index is 3.29. The largest absolute Gasteiger partial charge is 0.462 e. The summed E-state index contributed by atoms with van der Waals surface area (Å²) < 4.78 is 20.2. The third kappa shape index (κ3) is 10.6. The first-order chi connectivity index (χ1) is 15.9. The van der Waals surface area contributed by atoms with Gasteiger partial charge in [-0.05, 0) is 18.2 Å². The molecule has 0 aliphatic heterocycles. The summed E-state index contributed by atoms with van der Waals surface area (Å²) in [5.41, 5.74) is 5.44. The van der Waals surface area contributed by atoms with E-state index in [0.29, 0.717) is 0 Å². The van der Waals surface area contributed by atoms with Gasteiger partial charge >= 0.3 is 23.9 Å². The molecule has 0 aromatic heterocycles. The lowest BCUT2D eigenvalue weighted by molar-refractivity contribution is -0.159. The van der Waals surface area contributed by atoms with Crippen LogP contribution in [0.2, 0.25) is 0 Å². The number of ether oxygens (including phenoxy) is 4. The maximum atomic E-state index is 13.3. The van der Waals surface area contributed by atoms with Crippen molar-refractivity contribution in [2.24, 2.45) is 5.73 Å². The maximum Gasteiger partial charge on any atom is 0.303 e. The van der Waals surface area contributed by atoms with Gasteiger partial charge in [-0.3, -0.25) is 28.8 Å². The second-order valence-electron chi connectivity index (χ2n) is 7.22. The molecule has 2 atom stereocenters. The summed E-state index contributed by atoms with van der Waals surface area (Å²) in [5, 5.41) is 0. The molecule has 1 aromatic carbocycles. The van der Waals surface area contributed by atoms with Crippen molar-refractivity contribution in [3.63, 3.8) is 0 Å². The van der Waals surface area contributed by atoms with Crippen molar-refractivity contribution >= 4 is 35.7 Å². The van der Waals surface area contributed by atoms with Gasteiger partial charge in [0.1, 0.15) is 13.2 Å². The first kappa shape index (κ1) is 28.1. The minimum atomic E-state index is -1.06. The highest BCUT2D eigenvalue weighted by atomic mass is 16.6. The van der Waals surface area contributed by atoms with E-state index in [1.165, 1.54) is 38.1 Å².